The van der Waals surface area contributed by atoms with Crippen molar-refractivity contribution in [3.63, 3.8) is 0 Å². The van der Waals surface area contributed by atoms with E-state index in [1.807, 2.05) is 0 Å². The number of carboxylic acids is 1. The Hall–Kier alpha value is -1.56. The predicted octanol–water partition coefficient (Wildman–Crippen LogP) is 2.07. The summed E-state index contributed by atoms with van der Waals surface area (Å²) < 4.78 is 28.6. The van der Waals surface area contributed by atoms with Gasteiger partial charge in [0, 0.05) is 12.2 Å². The van der Waals surface area contributed by atoms with Crippen molar-refractivity contribution >= 4 is 15.8 Å². The molecule has 1 aromatic rings. The van der Waals surface area contributed by atoms with Gasteiger partial charge in [-0.3, -0.25) is 4.79 Å². The zero-order valence-corrected chi connectivity index (χ0v) is 12.3. The van der Waals surface area contributed by atoms with E-state index in [2.05, 4.69) is 0 Å². The van der Waals surface area contributed by atoms with Gasteiger partial charge in [0.2, 0.25) is 0 Å². The van der Waals surface area contributed by atoms with E-state index in [1.165, 1.54) is 13.2 Å². The fraction of sp³-hybridized carbons (Fsp3) is 0.500. The van der Waals surface area contributed by atoms with Gasteiger partial charge in [0.05, 0.1) is 18.4 Å². The second kappa shape index (κ2) is 5.44. The van der Waals surface area contributed by atoms with Crippen LogP contribution in [-0.4, -0.2) is 32.9 Å². The Labute approximate surface area is 118 Å². The maximum absolute atomic E-state index is 11.7. The number of ether oxygens (including phenoxy) is 1. The molecule has 0 saturated heterocycles. The first kappa shape index (κ1) is 14.8. The molecule has 0 amide bonds. The number of carboxylic acid groups (broad SMARTS) is 1. The number of methoxy groups -OCH3 is 1. The third-order valence-electron chi connectivity index (χ3n) is 3.61. The molecule has 1 N–H and O–H groups in total. The number of rotatable bonds is 6. The largest absolute Gasteiger partial charge is 0.496 e. The summed E-state index contributed by atoms with van der Waals surface area (Å²) >= 11 is 0. The molecule has 1 atom stereocenters. The standard InChI is InChI=1S/C14H18O5S/c1-19-13-6-5-10(20(2,17)18)7-12(13)11(8-14(15)16)9-3-4-9/h5-7,9,11H,3-4,8H2,1-2H3,(H,15,16). The Morgan fingerprint density at radius 3 is 2.55 bits per heavy atom. The molecule has 1 saturated carbocycles. The lowest BCUT2D eigenvalue weighted by Gasteiger charge is -2.18. The third kappa shape index (κ3) is 3.30. The lowest BCUT2D eigenvalue weighted by molar-refractivity contribution is -0.137. The van der Waals surface area contributed by atoms with Gasteiger partial charge in [0.1, 0.15) is 5.75 Å². The van der Waals surface area contributed by atoms with Crippen LogP contribution in [0.4, 0.5) is 0 Å². The molecule has 0 bridgehead atoms. The van der Waals surface area contributed by atoms with Crippen molar-refractivity contribution in [3.05, 3.63) is 23.8 Å². The molecular formula is C14H18O5S. The van der Waals surface area contributed by atoms with Gasteiger partial charge >= 0.3 is 5.97 Å². The van der Waals surface area contributed by atoms with E-state index in [-0.39, 0.29) is 17.2 Å². The Morgan fingerprint density at radius 1 is 1.45 bits per heavy atom. The summed E-state index contributed by atoms with van der Waals surface area (Å²) in [6.45, 7) is 0. The summed E-state index contributed by atoms with van der Waals surface area (Å²) in [4.78, 5) is 11.2. The molecule has 1 unspecified atom stereocenters. The molecule has 6 heteroatoms. The van der Waals surface area contributed by atoms with Crippen LogP contribution in [0.1, 0.15) is 30.7 Å². The van der Waals surface area contributed by atoms with E-state index < -0.39 is 15.8 Å². The molecule has 1 aromatic carbocycles. The highest BCUT2D eigenvalue weighted by Gasteiger charge is 2.35. The van der Waals surface area contributed by atoms with Gasteiger partial charge in [0.25, 0.3) is 0 Å². The molecule has 110 valence electrons. The number of aliphatic carboxylic acids is 1. The van der Waals surface area contributed by atoms with Crippen molar-refractivity contribution in [1.82, 2.24) is 0 Å². The molecule has 0 radical (unpaired) electrons. The smallest absolute Gasteiger partial charge is 0.303 e. The highest BCUT2D eigenvalue weighted by Crippen LogP contribution is 2.47. The Balaban J connectivity index is 2.47. The highest BCUT2D eigenvalue weighted by molar-refractivity contribution is 7.90. The first-order valence-corrected chi connectivity index (χ1v) is 8.32. The quantitative estimate of drug-likeness (QED) is 0.869. The van der Waals surface area contributed by atoms with E-state index >= 15 is 0 Å². The van der Waals surface area contributed by atoms with Crippen LogP contribution in [0.25, 0.3) is 0 Å². The predicted molar refractivity (Wildman–Crippen MR) is 73.8 cm³/mol. The minimum atomic E-state index is -3.32. The van der Waals surface area contributed by atoms with Crippen molar-refractivity contribution < 1.29 is 23.1 Å². The average Bonchev–Trinajstić information content (AvgIpc) is 3.18. The van der Waals surface area contributed by atoms with Crippen LogP contribution in [-0.2, 0) is 14.6 Å². The van der Waals surface area contributed by atoms with Crippen molar-refractivity contribution in [2.45, 2.75) is 30.1 Å². The highest BCUT2D eigenvalue weighted by atomic mass is 32.2. The van der Waals surface area contributed by atoms with Crippen molar-refractivity contribution in [3.8, 4) is 5.75 Å². The normalized spacial score (nSPS) is 16.7. The van der Waals surface area contributed by atoms with E-state index in [9.17, 15) is 13.2 Å². The second-order valence-corrected chi connectivity index (χ2v) is 7.23. The molecule has 0 spiro atoms. The van der Waals surface area contributed by atoms with Gasteiger partial charge in [-0.05, 0) is 42.5 Å². The van der Waals surface area contributed by atoms with Crippen LogP contribution in [0, 0.1) is 5.92 Å². The number of hydrogen-bond acceptors (Lipinski definition) is 4. The fourth-order valence-electron chi connectivity index (χ4n) is 2.45. The molecule has 0 aromatic heterocycles. The number of carbonyl (C=O) groups is 1. The molecule has 5 nitrogen and oxygen atoms in total. The van der Waals surface area contributed by atoms with Gasteiger partial charge in [-0.1, -0.05) is 0 Å². The lowest BCUT2D eigenvalue weighted by Crippen LogP contribution is -2.11. The van der Waals surface area contributed by atoms with Crippen molar-refractivity contribution in [2.24, 2.45) is 5.92 Å². The SMILES string of the molecule is COc1ccc(S(C)(=O)=O)cc1C(CC(=O)O)C1CC1. The van der Waals surface area contributed by atoms with Crippen molar-refractivity contribution in [1.29, 1.82) is 0 Å². The molecule has 1 aliphatic rings. The third-order valence-corrected chi connectivity index (χ3v) is 4.72. The number of hydrogen-bond donors (Lipinski definition) is 1. The lowest BCUT2D eigenvalue weighted by atomic mass is 9.90. The number of benzene rings is 1. The van der Waals surface area contributed by atoms with E-state index in [4.69, 9.17) is 9.84 Å². The molecular weight excluding hydrogens is 280 g/mol. The molecule has 1 aliphatic carbocycles. The van der Waals surface area contributed by atoms with E-state index in [0.29, 0.717) is 17.2 Å². The van der Waals surface area contributed by atoms with E-state index in [1.54, 1.807) is 12.1 Å². The minimum absolute atomic E-state index is 0.00571. The van der Waals surface area contributed by atoms with Gasteiger partial charge in [0.15, 0.2) is 9.84 Å². The topological polar surface area (TPSA) is 80.7 Å². The maximum Gasteiger partial charge on any atom is 0.303 e. The fourth-order valence-corrected chi connectivity index (χ4v) is 3.11. The summed E-state index contributed by atoms with van der Waals surface area (Å²) in [7, 11) is -1.82. The van der Waals surface area contributed by atoms with Gasteiger partial charge in [-0.2, -0.15) is 0 Å². The molecule has 1 fully saturated rings. The Morgan fingerprint density at radius 2 is 2.10 bits per heavy atom. The first-order chi connectivity index (χ1) is 9.32. The van der Waals surface area contributed by atoms with Gasteiger partial charge < -0.3 is 9.84 Å². The van der Waals surface area contributed by atoms with Crippen molar-refractivity contribution in [2.75, 3.05) is 13.4 Å². The summed E-state index contributed by atoms with van der Waals surface area (Å²) in [6, 6.07) is 4.64. The van der Waals surface area contributed by atoms with Crippen LogP contribution in [0.15, 0.2) is 23.1 Å². The van der Waals surface area contributed by atoms with Crippen LogP contribution in [0.3, 0.4) is 0 Å². The molecule has 0 aliphatic heterocycles. The maximum atomic E-state index is 11.7. The number of sulfone groups is 1. The van der Waals surface area contributed by atoms with Crippen LogP contribution in [0.5, 0.6) is 5.75 Å². The summed E-state index contributed by atoms with van der Waals surface area (Å²) in [5.41, 5.74) is 0.681. The minimum Gasteiger partial charge on any atom is -0.496 e. The summed E-state index contributed by atoms with van der Waals surface area (Å²) in [5, 5.41) is 9.06. The second-order valence-electron chi connectivity index (χ2n) is 5.22. The summed E-state index contributed by atoms with van der Waals surface area (Å²) in [5.74, 6) is -0.219. The van der Waals surface area contributed by atoms with E-state index in [0.717, 1.165) is 19.1 Å². The van der Waals surface area contributed by atoms with Gasteiger partial charge in [-0.15, -0.1) is 0 Å². The van der Waals surface area contributed by atoms with Crippen LogP contribution >= 0.6 is 0 Å². The Kier molecular flexibility index (Phi) is 4.04. The van der Waals surface area contributed by atoms with Crippen LogP contribution < -0.4 is 4.74 Å². The zero-order valence-electron chi connectivity index (χ0n) is 11.5. The molecule has 0 heterocycles. The van der Waals surface area contributed by atoms with Gasteiger partial charge in [-0.25, -0.2) is 8.42 Å². The monoisotopic (exact) mass is 298 g/mol. The van der Waals surface area contributed by atoms with Crippen LogP contribution in [0.2, 0.25) is 0 Å². The molecule has 2 rings (SSSR count). The first-order valence-electron chi connectivity index (χ1n) is 6.42. The molecule has 20 heavy (non-hydrogen) atoms. The zero-order chi connectivity index (χ0) is 14.9. The summed E-state index contributed by atoms with van der Waals surface area (Å²) in [6.07, 6.45) is 3.09. The Bertz CT molecular complexity index is 616. The average molecular weight is 298 g/mol.